The molecule has 2 nitrogen and oxygen atoms in total. The highest BCUT2D eigenvalue weighted by atomic mass is 35.5. The molecule has 1 aromatic heterocycles. The van der Waals surface area contributed by atoms with Gasteiger partial charge >= 0.3 is 0 Å². The van der Waals surface area contributed by atoms with Crippen LogP contribution in [0.1, 0.15) is 17.7 Å². The van der Waals surface area contributed by atoms with Crippen molar-refractivity contribution in [2.45, 2.75) is 18.9 Å². The highest BCUT2D eigenvalue weighted by Gasteiger charge is 2.20. The van der Waals surface area contributed by atoms with Crippen molar-refractivity contribution in [1.29, 1.82) is 0 Å². The van der Waals surface area contributed by atoms with Crippen molar-refractivity contribution in [3.63, 3.8) is 0 Å². The lowest BCUT2D eigenvalue weighted by Crippen LogP contribution is -2.38. The molecule has 0 bridgehead atoms. The van der Waals surface area contributed by atoms with Crippen molar-refractivity contribution in [3.8, 4) is 0 Å². The Morgan fingerprint density at radius 2 is 2.14 bits per heavy atom. The molecule has 0 aliphatic rings. The number of halogens is 1. The smallest absolute Gasteiger partial charge is 0.0931 e. The van der Waals surface area contributed by atoms with Gasteiger partial charge in [0, 0.05) is 23.4 Å². The standard InChI is InChI=1S/C10H17ClN2S/c1-7(8(6-12)13(2)3)9-4-5-10(11)14-9/h4-5,7-8H,6,12H2,1-3H3. The second-order valence-electron chi connectivity index (χ2n) is 3.70. The first-order chi connectivity index (χ1) is 6.56. The molecule has 2 N–H and O–H groups in total. The molecule has 1 heterocycles. The van der Waals surface area contributed by atoms with E-state index in [0.29, 0.717) is 18.5 Å². The van der Waals surface area contributed by atoms with E-state index in [2.05, 4.69) is 32.0 Å². The normalized spacial score (nSPS) is 15.9. The summed E-state index contributed by atoms with van der Waals surface area (Å²) in [6.45, 7) is 2.86. The van der Waals surface area contributed by atoms with Gasteiger partial charge in [-0.2, -0.15) is 0 Å². The van der Waals surface area contributed by atoms with Crippen LogP contribution in [0.4, 0.5) is 0 Å². The van der Waals surface area contributed by atoms with Crippen LogP contribution >= 0.6 is 22.9 Å². The maximum Gasteiger partial charge on any atom is 0.0931 e. The lowest BCUT2D eigenvalue weighted by Gasteiger charge is -2.28. The van der Waals surface area contributed by atoms with E-state index in [-0.39, 0.29) is 0 Å². The average Bonchev–Trinajstić information content (AvgIpc) is 2.52. The van der Waals surface area contributed by atoms with Crippen LogP contribution in [0, 0.1) is 0 Å². The Hall–Kier alpha value is -0.0900. The summed E-state index contributed by atoms with van der Waals surface area (Å²) >= 11 is 7.55. The Labute approximate surface area is 94.7 Å². The Bertz CT molecular complexity index is 285. The van der Waals surface area contributed by atoms with Gasteiger partial charge in [-0.05, 0) is 26.2 Å². The largest absolute Gasteiger partial charge is 0.329 e. The molecular weight excluding hydrogens is 216 g/mol. The summed E-state index contributed by atoms with van der Waals surface area (Å²) in [7, 11) is 4.12. The van der Waals surface area contributed by atoms with E-state index in [9.17, 15) is 0 Å². The van der Waals surface area contributed by atoms with Crippen LogP contribution in [0.5, 0.6) is 0 Å². The van der Waals surface area contributed by atoms with Crippen LogP contribution < -0.4 is 5.73 Å². The number of nitrogens with zero attached hydrogens (tertiary/aromatic N) is 1. The highest BCUT2D eigenvalue weighted by molar-refractivity contribution is 7.16. The Morgan fingerprint density at radius 1 is 1.50 bits per heavy atom. The second kappa shape index (κ2) is 5.12. The predicted molar refractivity (Wildman–Crippen MR) is 64.3 cm³/mol. The van der Waals surface area contributed by atoms with E-state index in [1.807, 2.05) is 6.07 Å². The minimum Gasteiger partial charge on any atom is -0.329 e. The topological polar surface area (TPSA) is 29.3 Å². The van der Waals surface area contributed by atoms with Gasteiger partial charge in [-0.1, -0.05) is 18.5 Å². The molecule has 0 spiro atoms. The van der Waals surface area contributed by atoms with E-state index in [0.717, 1.165) is 4.34 Å². The molecule has 1 aromatic rings. The lowest BCUT2D eigenvalue weighted by atomic mass is 9.99. The minimum atomic E-state index is 0.379. The first-order valence-corrected chi connectivity index (χ1v) is 5.87. The molecule has 0 amide bonds. The summed E-state index contributed by atoms with van der Waals surface area (Å²) < 4.78 is 0.848. The van der Waals surface area contributed by atoms with Gasteiger partial charge in [0.25, 0.3) is 0 Å². The third kappa shape index (κ3) is 2.70. The Balaban J connectivity index is 2.77. The van der Waals surface area contributed by atoms with Crippen LogP contribution in [0.3, 0.4) is 0 Å². The van der Waals surface area contributed by atoms with Gasteiger partial charge in [-0.15, -0.1) is 11.3 Å². The first-order valence-electron chi connectivity index (χ1n) is 4.68. The zero-order valence-electron chi connectivity index (χ0n) is 8.83. The molecule has 0 aromatic carbocycles. The minimum absolute atomic E-state index is 0.379. The van der Waals surface area contributed by atoms with Gasteiger partial charge in [-0.3, -0.25) is 0 Å². The summed E-state index contributed by atoms with van der Waals surface area (Å²) in [5, 5.41) is 0. The zero-order chi connectivity index (χ0) is 10.7. The number of likely N-dealkylation sites (N-methyl/N-ethyl adjacent to an activating group) is 1. The van der Waals surface area contributed by atoms with E-state index >= 15 is 0 Å². The Kier molecular flexibility index (Phi) is 4.38. The van der Waals surface area contributed by atoms with Gasteiger partial charge in [0.05, 0.1) is 4.34 Å². The first kappa shape index (κ1) is 12.0. The van der Waals surface area contributed by atoms with Gasteiger partial charge in [-0.25, -0.2) is 0 Å². The number of hydrogen-bond donors (Lipinski definition) is 1. The molecule has 0 aliphatic heterocycles. The third-order valence-electron chi connectivity index (χ3n) is 2.52. The fourth-order valence-corrected chi connectivity index (χ4v) is 2.80. The zero-order valence-corrected chi connectivity index (χ0v) is 10.4. The predicted octanol–water partition coefficient (Wildman–Crippen LogP) is 2.39. The summed E-state index contributed by atoms with van der Waals surface area (Å²) in [6, 6.07) is 4.41. The quantitative estimate of drug-likeness (QED) is 0.864. The highest BCUT2D eigenvalue weighted by Crippen LogP contribution is 2.30. The molecular formula is C10H17ClN2S. The lowest BCUT2D eigenvalue weighted by molar-refractivity contribution is 0.268. The fraction of sp³-hybridized carbons (Fsp3) is 0.600. The molecule has 0 radical (unpaired) electrons. The summed E-state index contributed by atoms with van der Waals surface area (Å²) in [5.41, 5.74) is 5.75. The molecule has 0 fully saturated rings. The molecule has 14 heavy (non-hydrogen) atoms. The third-order valence-corrected chi connectivity index (χ3v) is 3.96. The van der Waals surface area contributed by atoms with Crippen molar-refractivity contribution in [3.05, 3.63) is 21.3 Å². The fourth-order valence-electron chi connectivity index (χ4n) is 1.62. The molecule has 1 rings (SSSR count). The van der Waals surface area contributed by atoms with Crippen LogP contribution in [0.15, 0.2) is 12.1 Å². The molecule has 2 atom stereocenters. The van der Waals surface area contributed by atoms with Crippen LogP contribution in [0.25, 0.3) is 0 Å². The van der Waals surface area contributed by atoms with Crippen LogP contribution in [-0.2, 0) is 0 Å². The van der Waals surface area contributed by atoms with Crippen LogP contribution in [-0.4, -0.2) is 31.6 Å². The van der Waals surface area contributed by atoms with Gasteiger partial charge in [0.1, 0.15) is 0 Å². The Morgan fingerprint density at radius 3 is 2.50 bits per heavy atom. The van der Waals surface area contributed by atoms with Crippen molar-refractivity contribution < 1.29 is 0 Å². The summed E-state index contributed by atoms with van der Waals surface area (Å²) in [6.07, 6.45) is 0. The van der Waals surface area contributed by atoms with E-state index in [1.165, 1.54) is 4.88 Å². The van der Waals surface area contributed by atoms with E-state index < -0.39 is 0 Å². The molecule has 80 valence electrons. The SMILES string of the molecule is CC(c1ccc(Cl)s1)C(CN)N(C)C. The van der Waals surface area contributed by atoms with Gasteiger partial charge in [0.2, 0.25) is 0 Å². The summed E-state index contributed by atoms with van der Waals surface area (Å²) in [4.78, 5) is 3.47. The number of hydrogen-bond acceptors (Lipinski definition) is 3. The van der Waals surface area contributed by atoms with Crippen molar-refractivity contribution in [2.75, 3.05) is 20.6 Å². The number of thiophene rings is 1. The monoisotopic (exact) mass is 232 g/mol. The number of nitrogens with two attached hydrogens (primary N) is 1. The van der Waals surface area contributed by atoms with Crippen LogP contribution in [0.2, 0.25) is 4.34 Å². The summed E-state index contributed by atoms with van der Waals surface area (Å²) in [5.74, 6) is 0.437. The van der Waals surface area contributed by atoms with Crippen molar-refractivity contribution in [2.24, 2.45) is 5.73 Å². The maximum atomic E-state index is 5.91. The molecule has 0 saturated heterocycles. The average molecular weight is 233 g/mol. The second-order valence-corrected chi connectivity index (χ2v) is 5.44. The molecule has 0 aliphatic carbocycles. The molecule has 0 saturated carbocycles. The van der Waals surface area contributed by atoms with E-state index in [4.69, 9.17) is 17.3 Å². The van der Waals surface area contributed by atoms with Crippen molar-refractivity contribution >= 4 is 22.9 Å². The number of rotatable bonds is 4. The van der Waals surface area contributed by atoms with Gasteiger partial charge < -0.3 is 10.6 Å². The maximum absolute atomic E-state index is 5.91. The van der Waals surface area contributed by atoms with E-state index in [1.54, 1.807) is 11.3 Å². The van der Waals surface area contributed by atoms with Crippen molar-refractivity contribution in [1.82, 2.24) is 4.90 Å². The molecule has 4 heteroatoms. The molecule has 2 unspecified atom stereocenters. The van der Waals surface area contributed by atoms with Gasteiger partial charge in [0.15, 0.2) is 0 Å².